The van der Waals surface area contributed by atoms with Crippen molar-refractivity contribution in [3.05, 3.63) is 118 Å². The maximum atomic E-state index is 12.4. The molecule has 2 fully saturated rings. The standard InChI is InChI=1S/C30H38N2O5.C30H36N2O5/c2*1-30(2,3)37-29(35)31-16-17-32-25-18-21(28(34)36-4)14-15-24(25)26(20-10-6-5-7-11-20)27(32)23-13-9-8-12-22(23)19-33/h8-9,12-15,18,20,33H,5-7,10-11,16-17,19H2,1-4H3,(H,31,35);8-9,12-15,18-20H,5-7,10-11,16-17H2,1-4H3,(H,31,35). The van der Waals surface area contributed by atoms with Crippen molar-refractivity contribution >= 4 is 52.2 Å². The molecule has 0 bridgehead atoms. The predicted octanol–water partition coefficient (Wildman–Crippen LogP) is 12.6. The fourth-order valence-corrected chi connectivity index (χ4v) is 10.8. The second-order valence-electron chi connectivity index (χ2n) is 21.3. The number of aldehydes is 1. The molecule has 0 unspecified atom stereocenters. The van der Waals surface area contributed by atoms with Crippen molar-refractivity contribution in [2.24, 2.45) is 0 Å². The number of nitrogens with zero attached hydrogens (tertiary/aromatic N) is 2. The van der Waals surface area contributed by atoms with Gasteiger partial charge >= 0.3 is 24.1 Å². The molecule has 6 aromatic rings. The molecule has 394 valence electrons. The van der Waals surface area contributed by atoms with Crippen LogP contribution < -0.4 is 10.6 Å². The molecule has 8 rings (SSSR count). The van der Waals surface area contributed by atoms with Gasteiger partial charge in [0.25, 0.3) is 0 Å². The highest BCUT2D eigenvalue weighted by molar-refractivity contribution is 6.01. The second kappa shape index (κ2) is 24.4. The number of aliphatic hydroxyl groups excluding tert-OH is 1. The summed E-state index contributed by atoms with van der Waals surface area (Å²) >= 11 is 0. The number of aromatic nitrogens is 2. The van der Waals surface area contributed by atoms with Crippen molar-refractivity contribution < 1.29 is 48.0 Å². The molecule has 3 N–H and O–H groups in total. The van der Waals surface area contributed by atoms with E-state index >= 15 is 0 Å². The number of methoxy groups -OCH3 is 2. The molecule has 2 heterocycles. The Morgan fingerprint density at radius 2 is 1.01 bits per heavy atom. The zero-order valence-corrected chi connectivity index (χ0v) is 44.4. The Hall–Kier alpha value is -6.93. The lowest BCUT2D eigenvalue weighted by atomic mass is 9.81. The maximum absolute atomic E-state index is 12.4. The van der Waals surface area contributed by atoms with E-state index in [0.29, 0.717) is 54.7 Å². The van der Waals surface area contributed by atoms with Crippen LogP contribution in [0.15, 0.2) is 84.9 Å². The SMILES string of the molecule is COC(=O)c1ccc2c(C3CCCCC3)c(-c3ccccc3C=O)n(CCNC(=O)OC(C)(C)C)c2c1.COC(=O)c1ccc2c(C3CCCCC3)c(-c3ccccc3CO)n(CCNC(=O)OC(C)(C)C)c2c1. The van der Waals surface area contributed by atoms with Crippen molar-refractivity contribution in [1.82, 2.24) is 19.8 Å². The largest absolute Gasteiger partial charge is 0.465 e. The quantitative estimate of drug-likeness (QED) is 0.0541. The van der Waals surface area contributed by atoms with Gasteiger partial charge in [-0.1, -0.05) is 99.2 Å². The van der Waals surface area contributed by atoms with Gasteiger partial charge in [-0.2, -0.15) is 0 Å². The van der Waals surface area contributed by atoms with Crippen LogP contribution in [-0.4, -0.2) is 83.2 Å². The number of rotatable bonds is 14. The first-order valence-electron chi connectivity index (χ1n) is 26.1. The van der Waals surface area contributed by atoms with Crippen LogP contribution in [-0.2, 0) is 38.6 Å². The summed E-state index contributed by atoms with van der Waals surface area (Å²) in [5.74, 6) is -0.0781. The highest BCUT2D eigenvalue weighted by atomic mass is 16.6. The smallest absolute Gasteiger partial charge is 0.407 e. The summed E-state index contributed by atoms with van der Waals surface area (Å²) < 4.78 is 25.1. The van der Waals surface area contributed by atoms with Crippen molar-refractivity contribution in [3.63, 3.8) is 0 Å². The average Bonchev–Trinajstić information content (AvgIpc) is 3.89. The van der Waals surface area contributed by atoms with Crippen LogP contribution in [0.3, 0.4) is 0 Å². The van der Waals surface area contributed by atoms with Crippen LogP contribution in [0.5, 0.6) is 0 Å². The summed E-state index contributed by atoms with van der Waals surface area (Å²) in [6.45, 7) is 12.5. The van der Waals surface area contributed by atoms with Crippen LogP contribution in [0.25, 0.3) is 44.3 Å². The summed E-state index contributed by atoms with van der Waals surface area (Å²) in [7, 11) is 2.75. The lowest BCUT2D eigenvalue weighted by molar-refractivity contribution is 0.0514. The molecule has 0 radical (unpaired) electrons. The van der Waals surface area contributed by atoms with Crippen molar-refractivity contribution in [2.45, 2.75) is 148 Å². The van der Waals surface area contributed by atoms with E-state index in [9.17, 15) is 29.1 Å². The molecule has 4 aromatic carbocycles. The number of carbonyl (C=O) groups is 5. The fraction of sp³-hybridized carbons (Fsp3) is 0.450. The van der Waals surface area contributed by atoms with Gasteiger partial charge in [0.15, 0.2) is 6.29 Å². The van der Waals surface area contributed by atoms with E-state index in [1.165, 1.54) is 51.0 Å². The normalized spacial score (nSPS) is 14.4. The third kappa shape index (κ3) is 13.0. The van der Waals surface area contributed by atoms with Gasteiger partial charge in [0, 0.05) is 64.7 Å². The summed E-state index contributed by atoms with van der Waals surface area (Å²) in [4.78, 5) is 61.7. The number of hydrogen-bond acceptors (Lipinski definition) is 10. The van der Waals surface area contributed by atoms with Gasteiger partial charge in [-0.25, -0.2) is 19.2 Å². The van der Waals surface area contributed by atoms with Gasteiger partial charge in [0.2, 0.25) is 0 Å². The number of benzene rings is 4. The lowest BCUT2D eigenvalue weighted by Crippen LogP contribution is -2.34. The van der Waals surface area contributed by atoms with Crippen molar-refractivity contribution in [2.75, 3.05) is 27.3 Å². The highest BCUT2D eigenvalue weighted by Gasteiger charge is 2.30. The van der Waals surface area contributed by atoms with Gasteiger partial charge in [-0.15, -0.1) is 0 Å². The summed E-state index contributed by atoms with van der Waals surface area (Å²) in [6.07, 6.45) is 11.4. The zero-order chi connectivity index (χ0) is 53.2. The molecule has 74 heavy (non-hydrogen) atoms. The van der Waals surface area contributed by atoms with E-state index in [1.54, 1.807) is 6.07 Å². The lowest BCUT2D eigenvalue weighted by Gasteiger charge is -2.24. The molecule has 2 amide bonds. The van der Waals surface area contributed by atoms with E-state index in [1.807, 2.05) is 120 Å². The van der Waals surface area contributed by atoms with E-state index in [-0.39, 0.29) is 6.61 Å². The van der Waals surface area contributed by atoms with Crippen LogP contribution in [0.4, 0.5) is 9.59 Å². The Balaban J connectivity index is 0.000000216. The molecule has 2 aliphatic rings. The first-order valence-corrected chi connectivity index (χ1v) is 26.1. The Labute approximate surface area is 435 Å². The van der Waals surface area contributed by atoms with Crippen molar-refractivity contribution in [3.8, 4) is 22.5 Å². The molecule has 2 aliphatic carbocycles. The molecule has 14 nitrogen and oxygen atoms in total. The van der Waals surface area contributed by atoms with Gasteiger partial charge in [0.1, 0.15) is 11.2 Å². The van der Waals surface area contributed by atoms with Gasteiger partial charge in [-0.3, -0.25) is 4.79 Å². The predicted molar refractivity (Wildman–Crippen MR) is 289 cm³/mol. The van der Waals surface area contributed by atoms with E-state index < -0.39 is 35.3 Å². The second-order valence-corrected chi connectivity index (χ2v) is 21.3. The first-order chi connectivity index (χ1) is 35.5. The molecule has 0 saturated heterocycles. The molecule has 2 aromatic heterocycles. The van der Waals surface area contributed by atoms with Gasteiger partial charge in [0.05, 0.1) is 43.3 Å². The third-order valence-electron chi connectivity index (χ3n) is 13.9. The Bertz CT molecular complexity index is 2960. The number of carbonyl (C=O) groups excluding carboxylic acids is 5. The molecule has 2 saturated carbocycles. The number of nitrogens with one attached hydrogen (secondary N) is 2. The van der Waals surface area contributed by atoms with Gasteiger partial charge < -0.3 is 43.8 Å². The van der Waals surface area contributed by atoms with Crippen LogP contribution >= 0.6 is 0 Å². The van der Waals surface area contributed by atoms with Crippen LogP contribution in [0.2, 0.25) is 0 Å². The van der Waals surface area contributed by atoms with E-state index in [4.69, 9.17) is 18.9 Å². The summed E-state index contributed by atoms with van der Waals surface area (Å²) in [5, 5.41) is 18.1. The zero-order valence-electron chi connectivity index (χ0n) is 44.4. The Morgan fingerprint density at radius 3 is 1.43 bits per heavy atom. The van der Waals surface area contributed by atoms with Crippen LogP contribution in [0, 0.1) is 0 Å². The molecular formula is C60H74N4O10. The highest BCUT2D eigenvalue weighted by Crippen LogP contribution is 2.47. The molecule has 0 atom stereocenters. The number of aliphatic hydroxyl groups is 1. The van der Waals surface area contributed by atoms with Crippen molar-refractivity contribution in [1.29, 1.82) is 0 Å². The van der Waals surface area contributed by atoms with Gasteiger partial charge in [-0.05, 0) is 120 Å². The number of hydrogen-bond donors (Lipinski definition) is 3. The minimum absolute atomic E-state index is 0.0780. The number of esters is 2. The molecule has 0 spiro atoms. The summed E-state index contributed by atoms with van der Waals surface area (Å²) in [6, 6.07) is 26.9. The Kier molecular flexibility index (Phi) is 18.1. The number of amides is 2. The maximum Gasteiger partial charge on any atom is 0.407 e. The van der Waals surface area contributed by atoms with E-state index in [2.05, 4.69) is 19.8 Å². The summed E-state index contributed by atoms with van der Waals surface area (Å²) in [5.41, 5.74) is 9.30. The number of fused-ring (bicyclic) bond motifs is 2. The fourth-order valence-electron chi connectivity index (χ4n) is 10.8. The Morgan fingerprint density at radius 1 is 0.595 bits per heavy atom. The minimum atomic E-state index is -0.595. The van der Waals surface area contributed by atoms with Crippen LogP contribution in [0.1, 0.15) is 165 Å². The number of alkyl carbamates (subject to hydrolysis) is 2. The minimum Gasteiger partial charge on any atom is -0.465 e. The topological polar surface area (TPSA) is 176 Å². The third-order valence-corrected chi connectivity index (χ3v) is 13.9. The van der Waals surface area contributed by atoms with E-state index in [0.717, 1.165) is 94.7 Å². The monoisotopic (exact) mass is 1010 g/mol. The molecule has 14 heteroatoms. The average molecular weight is 1010 g/mol. The number of ether oxygens (including phenoxy) is 4. The molecular weight excluding hydrogens is 937 g/mol. The molecule has 0 aliphatic heterocycles. The first kappa shape index (κ1) is 54.8.